The molecule has 0 bridgehead atoms. The van der Waals surface area contributed by atoms with E-state index in [1.807, 2.05) is 30.3 Å². The van der Waals surface area contributed by atoms with Gasteiger partial charge in [0, 0.05) is 26.2 Å². The summed E-state index contributed by atoms with van der Waals surface area (Å²) in [5.41, 5.74) is 1.08. The fourth-order valence-corrected chi connectivity index (χ4v) is 2.88. The van der Waals surface area contributed by atoms with Gasteiger partial charge in [0.15, 0.2) is 11.5 Å². The van der Waals surface area contributed by atoms with Crippen LogP contribution in [0.2, 0.25) is 0 Å². The minimum absolute atomic E-state index is 0.155. The molecule has 4 rings (SSSR count). The Morgan fingerprint density at radius 3 is 2.23 bits per heavy atom. The van der Waals surface area contributed by atoms with Gasteiger partial charge in [0.2, 0.25) is 0 Å². The number of hydrogen-bond acceptors (Lipinski definition) is 5. The van der Waals surface area contributed by atoms with Crippen LogP contribution in [0, 0.1) is 0 Å². The van der Waals surface area contributed by atoms with E-state index in [0.29, 0.717) is 37.6 Å². The van der Waals surface area contributed by atoms with Gasteiger partial charge in [0.05, 0.1) is 18.1 Å². The molecule has 2 amide bonds. The van der Waals surface area contributed by atoms with Gasteiger partial charge >= 0.3 is 0 Å². The number of amides is 2. The van der Waals surface area contributed by atoms with Crippen LogP contribution in [0.4, 0.5) is 0 Å². The quantitative estimate of drug-likeness (QED) is 0.713. The van der Waals surface area contributed by atoms with Crippen LogP contribution in [0.5, 0.6) is 0 Å². The molecule has 0 radical (unpaired) electrons. The lowest BCUT2D eigenvalue weighted by Gasteiger charge is -2.33. The predicted octanol–water partition coefficient (Wildman–Crippen LogP) is 1.46. The number of aromatic nitrogens is 3. The summed E-state index contributed by atoms with van der Waals surface area (Å²) in [4.78, 5) is 29.7. The van der Waals surface area contributed by atoms with Crippen LogP contribution in [0.1, 0.15) is 21.0 Å². The molecule has 1 aliphatic rings. The molecule has 1 saturated heterocycles. The normalized spacial score (nSPS) is 14.5. The molecule has 0 unspecified atom stereocenters. The first-order valence-corrected chi connectivity index (χ1v) is 8.32. The maximum Gasteiger partial charge on any atom is 0.289 e. The lowest BCUT2D eigenvalue weighted by molar-refractivity contribution is 0.0515. The molecule has 0 saturated carbocycles. The van der Waals surface area contributed by atoms with Crippen molar-refractivity contribution in [3.8, 4) is 5.69 Å². The average molecular weight is 351 g/mol. The zero-order valence-electron chi connectivity index (χ0n) is 14.0. The van der Waals surface area contributed by atoms with Crippen LogP contribution in [0.3, 0.4) is 0 Å². The van der Waals surface area contributed by atoms with Crippen molar-refractivity contribution in [2.45, 2.75) is 0 Å². The summed E-state index contributed by atoms with van der Waals surface area (Å²) < 4.78 is 5.14. The predicted molar refractivity (Wildman–Crippen MR) is 91.9 cm³/mol. The Bertz CT molecular complexity index is 896. The van der Waals surface area contributed by atoms with Crippen LogP contribution in [-0.2, 0) is 0 Å². The van der Waals surface area contributed by atoms with E-state index in [4.69, 9.17) is 4.42 Å². The maximum absolute atomic E-state index is 12.6. The molecule has 0 spiro atoms. The summed E-state index contributed by atoms with van der Waals surface area (Å²) >= 11 is 0. The van der Waals surface area contributed by atoms with Gasteiger partial charge in [-0.25, -0.2) is 0 Å². The van der Waals surface area contributed by atoms with Crippen molar-refractivity contribution in [2.75, 3.05) is 26.2 Å². The van der Waals surface area contributed by atoms with Crippen LogP contribution >= 0.6 is 0 Å². The number of hydrogen-bond donors (Lipinski definition) is 0. The van der Waals surface area contributed by atoms with Crippen LogP contribution < -0.4 is 0 Å². The Labute approximate surface area is 149 Å². The van der Waals surface area contributed by atoms with Crippen molar-refractivity contribution in [1.82, 2.24) is 24.8 Å². The van der Waals surface area contributed by atoms with E-state index < -0.39 is 0 Å². The second kappa shape index (κ2) is 6.83. The molecule has 0 aliphatic carbocycles. The highest BCUT2D eigenvalue weighted by Crippen LogP contribution is 2.12. The van der Waals surface area contributed by atoms with Gasteiger partial charge < -0.3 is 14.2 Å². The van der Waals surface area contributed by atoms with E-state index in [9.17, 15) is 9.59 Å². The first kappa shape index (κ1) is 16.1. The molecule has 132 valence electrons. The standard InChI is InChI=1S/C18H17N5O3/c24-17(15-13-19-23(20-15)14-5-2-1-3-6-14)21-8-10-22(11-9-21)18(25)16-7-4-12-26-16/h1-7,12-13H,8-11H2. The van der Waals surface area contributed by atoms with Gasteiger partial charge in [-0.15, -0.1) is 5.10 Å². The largest absolute Gasteiger partial charge is 0.459 e. The molecule has 1 fully saturated rings. The summed E-state index contributed by atoms with van der Waals surface area (Å²) in [5, 5.41) is 8.43. The Balaban J connectivity index is 1.40. The number of nitrogens with zero attached hydrogens (tertiary/aromatic N) is 5. The van der Waals surface area contributed by atoms with Crippen molar-refractivity contribution >= 4 is 11.8 Å². The molecule has 8 heteroatoms. The lowest BCUT2D eigenvalue weighted by atomic mass is 10.2. The number of rotatable bonds is 3. The van der Waals surface area contributed by atoms with Crippen LogP contribution in [0.25, 0.3) is 5.69 Å². The Morgan fingerprint density at radius 2 is 1.58 bits per heavy atom. The number of para-hydroxylation sites is 1. The van der Waals surface area contributed by atoms with Crippen molar-refractivity contribution < 1.29 is 14.0 Å². The SMILES string of the molecule is O=C(c1cnn(-c2ccccc2)n1)N1CCN(C(=O)c2ccco2)CC1. The number of benzene rings is 1. The zero-order valence-corrected chi connectivity index (χ0v) is 14.0. The number of carbonyl (C=O) groups is 2. The monoisotopic (exact) mass is 351 g/mol. The van der Waals surface area contributed by atoms with Crippen LogP contribution in [-0.4, -0.2) is 62.8 Å². The highest BCUT2D eigenvalue weighted by Gasteiger charge is 2.27. The van der Waals surface area contributed by atoms with Crippen LogP contribution in [0.15, 0.2) is 59.3 Å². The van der Waals surface area contributed by atoms with E-state index in [1.54, 1.807) is 21.9 Å². The topological polar surface area (TPSA) is 84.5 Å². The molecule has 2 aromatic heterocycles. The summed E-state index contributed by atoms with van der Waals surface area (Å²) in [6.45, 7) is 1.81. The Morgan fingerprint density at radius 1 is 0.885 bits per heavy atom. The first-order valence-electron chi connectivity index (χ1n) is 8.32. The average Bonchev–Trinajstić information content (AvgIpc) is 3.40. The Kier molecular flexibility index (Phi) is 4.22. The molecule has 3 aromatic rings. The van der Waals surface area contributed by atoms with E-state index in [0.717, 1.165) is 5.69 Å². The maximum atomic E-state index is 12.6. The number of furan rings is 1. The van der Waals surface area contributed by atoms with Crippen molar-refractivity contribution in [3.63, 3.8) is 0 Å². The summed E-state index contributed by atoms with van der Waals surface area (Å²) in [5.74, 6) is -0.0232. The van der Waals surface area contributed by atoms with Crippen molar-refractivity contribution in [3.05, 3.63) is 66.4 Å². The van der Waals surface area contributed by atoms with Gasteiger partial charge in [0.1, 0.15) is 0 Å². The van der Waals surface area contributed by atoms with E-state index in [1.165, 1.54) is 17.3 Å². The molecular weight excluding hydrogens is 334 g/mol. The van der Waals surface area contributed by atoms with Gasteiger partial charge in [-0.05, 0) is 24.3 Å². The number of piperazine rings is 1. The minimum Gasteiger partial charge on any atom is -0.459 e. The molecular formula is C18H17N5O3. The molecule has 1 aromatic carbocycles. The molecule has 3 heterocycles. The van der Waals surface area contributed by atoms with Gasteiger partial charge in [0.25, 0.3) is 11.8 Å². The summed E-state index contributed by atoms with van der Waals surface area (Å²) in [7, 11) is 0. The lowest BCUT2D eigenvalue weighted by Crippen LogP contribution is -2.50. The smallest absolute Gasteiger partial charge is 0.289 e. The highest BCUT2D eigenvalue weighted by molar-refractivity contribution is 5.93. The molecule has 0 atom stereocenters. The van der Waals surface area contributed by atoms with Crippen molar-refractivity contribution in [1.29, 1.82) is 0 Å². The highest BCUT2D eigenvalue weighted by atomic mass is 16.3. The van der Waals surface area contributed by atoms with Crippen molar-refractivity contribution in [2.24, 2.45) is 0 Å². The molecule has 26 heavy (non-hydrogen) atoms. The third kappa shape index (κ3) is 3.08. The first-order chi connectivity index (χ1) is 12.7. The number of carbonyl (C=O) groups excluding carboxylic acids is 2. The third-order valence-electron chi connectivity index (χ3n) is 4.28. The van der Waals surface area contributed by atoms with E-state index in [2.05, 4.69) is 10.2 Å². The van der Waals surface area contributed by atoms with Gasteiger partial charge in [-0.2, -0.15) is 9.90 Å². The second-order valence-corrected chi connectivity index (χ2v) is 5.92. The molecule has 1 aliphatic heterocycles. The van der Waals surface area contributed by atoms with E-state index in [-0.39, 0.29) is 11.8 Å². The fraction of sp³-hybridized carbons (Fsp3) is 0.222. The Hall–Kier alpha value is -3.42. The van der Waals surface area contributed by atoms with Gasteiger partial charge in [-0.1, -0.05) is 18.2 Å². The second-order valence-electron chi connectivity index (χ2n) is 5.92. The molecule has 8 nitrogen and oxygen atoms in total. The van der Waals surface area contributed by atoms with E-state index >= 15 is 0 Å². The van der Waals surface area contributed by atoms with Gasteiger partial charge in [-0.3, -0.25) is 9.59 Å². The third-order valence-corrected chi connectivity index (χ3v) is 4.28. The summed E-state index contributed by atoms with van der Waals surface area (Å²) in [6, 6.07) is 12.7. The summed E-state index contributed by atoms with van der Waals surface area (Å²) in [6.07, 6.45) is 2.94. The molecule has 0 N–H and O–H groups in total. The minimum atomic E-state index is -0.183. The zero-order chi connectivity index (χ0) is 17.9. The fourth-order valence-electron chi connectivity index (χ4n) is 2.88.